The van der Waals surface area contributed by atoms with Crippen LogP contribution in [0.25, 0.3) is 117 Å². The fourth-order valence-corrected chi connectivity index (χ4v) is 12.6. The van der Waals surface area contributed by atoms with Crippen LogP contribution in [-0.2, 0) is 5.41 Å². The molecule has 1 spiro atoms. The van der Waals surface area contributed by atoms with Crippen molar-refractivity contribution in [3.63, 3.8) is 0 Å². The molecule has 10 aromatic carbocycles. The van der Waals surface area contributed by atoms with E-state index >= 15 is 0 Å². The first-order valence-electron chi connectivity index (χ1n) is 23.9. The van der Waals surface area contributed by atoms with E-state index in [4.69, 9.17) is 15.0 Å². The van der Waals surface area contributed by atoms with Gasteiger partial charge in [0.25, 0.3) is 0 Å². The molecule has 0 amide bonds. The third-order valence-electron chi connectivity index (χ3n) is 15.3. The Morgan fingerprint density at radius 1 is 0.271 bits per heavy atom. The number of hydrogen-bond acceptors (Lipinski definition) is 3. The van der Waals surface area contributed by atoms with Crippen LogP contribution in [0.5, 0.6) is 0 Å². The van der Waals surface area contributed by atoms with Gasteiger partial charge >= 0.3 is 0 Å². The predicted octanol–water partition coefficient (Wildman–Crippen LogP) is 15.2. The molecule has 2 aliphatic rings. The van der Waals surface area contributed by atoms with Crippen LogP contribution in [0.15, 0.2) is 231 Å². The van der Waals surface area contributed by atoms with Crippen LogP contribution in [0, 0.1) is 0 Å². The van der Waals surface area contributed by atoms with Gasteiger partial charge in [-0.1, -0.05) is 176 Å². The lowest BCUT2D eigenvalue weighted by atomic mass is 9.70. The fourth-order valence-electron chi connectivity index (χ4n) is 12.6. The average Bonchev–Trinajstić information content (AvgIpc) is 4.20. The van der Waals surface area contributed by atoms with E-state index in [1.807, 2.05) is 0 Å². The summed E-state index contributed by atoms with van der Waals surface area (Å²) in [6.45, 7) is 0. The van der Waals surface area contributed by atoms with E-state index in [0.29, 0.717) is 17.7 Å². The van der Waals surface area contributed by atoms with E-state index in [1.54, 1.807) is 0 Å². The van der Waals surface area contributed by atoms with E-state index in [9.17, 15) is 0 Å². The highest BCUT2D eigenvalue weighted by Gasteiger charge is 2.52. The minimum atomic E-state index is -0.624. The maximum absolute atomic E-state index is 5.52. The Morgan fingerprint density at radius 2 is 0.614 bits per heavy atom. The molecule has 6 heteroatoms. The van der Waals surface area contributed by atoms with Crippen LogP contribution in [0.2, 0.25) is 0 Å². The third kappa shape index (κ3) is 4.83. The second-order valence-electron chi connectivity index (χ2n) is 18.7. The van der Waals surface area contributed by atoms with E-state index in [2.05, 4.69) is 244 Å². The Morgan fingerprint density at radius 3 is 1.06 bits per heavy atom. The molecule has 0 saturated carbocycles. The van der Waals surface area contributed by atoms with Crippen LogP contribution < -0.4 is 0 Å². The van der Waals surface area contributed by atoms with Crippen molar-refractivity contribution in [1.82, 2.24) is 28.7 Å². The molecule has 324 valence electrons. The number of rotatable bonds is 4. The van der Waals surface area contributed by atoms with Crippen LogP contribution in [0.3, 0.4) is 0 Å². The zero-order valence-electron chi connectivity index (χ0n) is 37.6. The molecule has 6 nitrogen and oxygen atoms in total. The van der Waals surface area contributed by atoms with E-state index in [1.165, 1.54) is 66.3 Å². The maximum atomic E-state index is 5.52. The lowest BCUT2D eigenvalue weighted by molar-refractivity contribution is 0.792. The Balaban J connectivity index is 0.985. The minimum Gasteiger partial charge on any atom is -0.309 e. The highest BCUT2D eigenvalue weighted by Crippen LogP contribution is 2.63. The lowest BCUT2D eigenvalue weighted by Crippen LogP contribution is -2.26. The molecule has 16 rings (SSSR count). The summed E-state index contributed by atoms with van der Waals surface area (Å²) in [4.78, 5) is 16.5. The number of fused-ring (bicyclic) bond motifs is 19. The molecule has 14 aromatic rings. The van der Waals surface area contributed by atoms with E-state index < -0.39 is 5.41 Å². The molecule has 0 saturated heterocycles. The summed E-state index contributed by atoms with van der Waals surface area (Å²) in [6, 6.07) is 83.8. The zero-order chi connectivity index (χ0) is 45.7. The average molecular weight is 891 g/mol. The number of para-hydroxylation sites is 6. The van der Waals surface area contributed by atoms with Gasteiger partial charge in [0.05, 0.1) is 38.5 Å². The van der Waals surface area contributed by atoms with Crippen LogP contribution in [0.1, 0.15) is 22.3 Å². The molecular weight excluding hydrogens is 853 g/mol. The molecule has 2 aliphatic carbocycles. The predicted molar refractivity (Wildman–Crippen MR) is 285 cm³/mol. The van der Waals surface area contributed by atoms with Gasteiger partial charge in [0, 0.05) is 43.6 Å². The Labute approximate surface area is 401 Å². The third-order valence-corrected chi connectivity index (χ3v) is 15.3. The molecule has 1 atom stereocenters. The smallest absolute Gasteiger partial charge is 0.240 e. The van der Waals surface area contributed by atoms with Gasteiger partial charge in [-0.3, -0.25) is 9.13 Å². The largest absolute Gasteiger partial charge is 0.309 e. The molecule has 0 bridgehead atoms. The number of nitrogens with zero attached hydrogens (tertiary/aromatic N) is 6. The van der Waals surface area contributed by atoms with E-state index in [-0.39, 0.29) is 0 Å². The van der Waals surface area contributed by atoms with Crippen molar-refractivity contribution < 1.29 is 0 Å². The van der Waals surface area contributed by atoms with Crippen molar-refractivity contribution in [2.75, 3.05) is 0 Å². The van der Waals surface area contributed by atoms with Crippen molar-refractivity contribution in [2.45, 2.75) is 5.41 Å². The van der Waals surface area contributed by atoms with Crippen molar-refractivity contribution in [3.05, 3.63) is 253 Å². The number of hydrogen-bond donors (Lipinski definition) is 0. The molecule has 1 unspecified atom stereocenters. The summed E-state index contributed by atoms with van der Waals surface area (Å²) in [6.07, 6.45) is 0. The summed E-state index contributed by atoms with van der Waals surface area (Å²) < 4.78 is 6.85. The number of aromatic nitrogens is 6. The first-order valence-corrected chi connectivity index (χ1v) is 23.9. The van der Waals surface area contributed by atoms with Crippen molar-refractivity contribution >= 4 is 65.4 Å². The molecular formula is C64H38N6. The van der Waals surface area contributed by atoms with Gasteiger partial charge in [0.2, 0.25) is 11.9 Å². The van der Waals surface area contributed by atoms with Gasteiger partial charge in [-0.15, -0.1) is 0 Å². The normalized spacial score (nSPS) is 14.6. The second kappa shape index (κ2) is 13.8. The van der Waals surface area contributed by atoms with Crippen LogP contribution >= 0.6 is 0 Å². The molecule has 4 aromatic heterocycles. The van der Waals surface area contributed by atoms with Gasteiger partial charge in [-0.25, -0.2) is 0 Å². The zero-order valence-corrected chi connectivity index (χ0v) is 37.6. The molecule has 0 N–H and O–H groups in total. The summed E-state index contributed by atoms with van der Waals surface area (Å²) in [5, 5.41) is 7.08. The Bertz CT molecular complexity index is 4260. The first-order chi connectivity index (χ1) is 34.7. The van der Waals surface area contributed by atoms with Gasteiger partial charge in [0.15, 0.2) is 5.82 Å². The Kier molecular flexibility index (Phi) is 7.45. The van der Waals surface area contributed by atoms with Crippen LogP contribution in [-0.4, -0.2) is 28.7 Å². The lowest BCUT2D eigenvalue weighted by Gasteiger charge is -2.31. The topological polar surface area (TPSA) is 53.5 Å². The first kappa shape index (κ1) is 37.7. The summed E-state index contributed by atoms with van der Waals surface area (Å²) in [7, 11) is 0. The summed E-state index contributed by atoms with van der Waals surface area (Å²) in [5.41, 5.74) is 17.9. The molecule has 70 heavy (non-hydrogen) atoms. The molecule has 4 heterocycles. The van der Waals surface area contributed by atoms with Gasteiger partial charge in [-0.2, -0.15) is 15.0 Å². The monoisotopic (exact) mass is 890 g/mol. The Hall–Kier alpha value is -9.39. The minimum absolute atomic E-state index is 0.560. The number of benzene rings is 10. The highest BCUT2D eigenvalue weighted by atomic mass is 15.3. The van der Waals surface area contributed by atoms with Gasteiger partial charge in [-0.05, 0) is 99.1 Å². The summed E-state index contributed by atoms with van der Waals surface area (Å²) in [5.74, 6) is 1.72. The quantitative estimate of drug-likeness (QED) is 0.177. The highest BCUT2D eigenvalue weighted by molar-refractivity contribution is 6.11. The summed E-state index contributed by atoms with van der Waals surface area (Å²) >= 11 is 0. The van der Waals surface area contributed by atoms with Gasteiger partial charge in [0.1, 0.15) is 0 Å². The second-order valence-corrected chi connectivity index (χ2v) is 18.7. The molecule has 0 aliphatic heterocycles. The standard InChI is InChI=1S/C64H38N6/c1-9-25-51-41(17-1)43-35-33-39(37-53(43)64(51)52-26-10-2-18-42(52)44-36-34-40(38-54(44)64)68-55-27-11-3-19-45(55)46-20-4-12-28-56(46)68)61-65-62(69-57-29-13-5-21-47(57)48-22-6-14-30-58(48)69)67-63(66-61)70-59-31-15-7-23-49(59)50-24-8-16-32-60(50)70/h1-38H. The maximum Gasteiger partial charge on any atom is 0.240 e. The van der Waals surface area contributed by atoms with Crippen molar-refractivity contribution in [1.29, 1.82) is 0 Å². The molecule has 0 radical (unpaired) electrons. The van der Waals surface area contributed by atoms with Crippen molar-refractivity contribution in [2.24, 2.45) is 0 Å². The van der Waals surface area contributed by atoms with Crippen molar-refractivity contribution in [3.8, 4) is 51.2 Å². The van der Waals surface area contributed by atoms with E-state index in [0.717, 1.165) is 54.9 Å². The SMILES string of the molecule is c1ccc2c(c1)-c1ccc(-c3nc(-n4c5ccccc5c5ccccc54)nc(-n4c5ccccc5c5ccccc54)n3)cc1C21c2ccccc2-c2ccc(-n3c4ccccc4c4ccccc43)cc21. The molecule has 0 fully saturated rings. The fraction of sp³-hybridized carbons (Fsp3) is 0.0156. The van der Waals surface area contributed by atoms with Crippen LogP contribution in [0.4, 0.5) is 0 Å². The van der Waals surface area contributed by atoms with Gasteiger partial charge < -0.3 is 4.57 Å².